The van der Waals surface area contributed by atoms with Crippen molar-refractivity contribution in [3.05, 3.63) is 0 Å². The Morgan fingerprint density at radius 1 is 0.722 bits per heavy atom. The molecular formula is C8H14O8S2. The van der Waals surface area contributed by atoms with Gasteiger partial charge >= 0.3 is 11.9 Å². The summed E-state index contributed by atoms with van der Waals surface area (Å²) in [6, 6.07) is 0. The van der Waals surface area contributed by atoms with Crippen LogP contribution < -0.4 is 0 Å². The summed E-state index contributed by atoms with van der Waals surface area (Å²) in [4.78, 5) is 20.4. The lowest BCUT2D eigenvalue weighted by molar-refractivity contribution is -0.135. The summed E-state index contributed by atoms with van der Waals surface area (Å²) in [5, 5.41) is 16.6. The van der Waals surface area contributed by atoms with Gasteiger partial charge in [-0.3, -0.25) is 9.59 Å². The molecule has 0 aliphatic rings. The van der Waals surface area contributed by atoms with Crippen LogP contribution in [0.4, 0.5) is 0 Å². The highest BCUT2D eigenvalue weighted by atomic mass is 32.2. The van der Waals surface area contributed by atoms with Crippen LogP contribution >= 0.6 is 0 Å². The van der Waals surface area contributed by atoms with Crippen molar-refractivity contribution in [1.82, 2.24) is 0 Å². The first-order valence-electron chi connectivity index (χ1n) is 4.88. The Hall–Kier alpha value is -1.16. The first-order chi connectivity index (χ1) is 8.04. The predicted molar refractivity (Wildman–Crippen MR) is 61.8 cm³/mol. The highest BCUT2D eigenvalue weighted by Crippen LogP contribution is 2.02. The maximum atomic E-state index is 11.1. The number of aliphatic carboxylic acids is 2. The van der Waals surface area contributed by atoms with Gasteiger partial charge in [-0.2, -0.15) is 0 Å². The number of sulfone groups is 2. The summed E-state index contributed by atoms with van der Waals surface area (Å²) in [5.41, 5.74) is 0. The largest absolute Gasteiger partial charge is 0.480 e. The zero-order valence-corrected chi connectivity index (χ0v) is 11.0. The van der Waals surface area contributed by atoms with E-state index >= 15 is 0 Å². The van der Waals surface area contributed by atoms with Gasteiger partial charge in [0.05, 0.1) is 11.5 Å². The lowest BCUT2D eigenvalue weighted by Crippen LogP contribution is -2.20. The SMILES string of the molecule is O=C(O)CS(=O)(=O)CCCCS(=O)(=O)CC(=O)O. The standard InChI is InChI=1S/C8H14O8S2/c9-7(10)5-17(13,14)3-1-2-4-18(15,16)6-8(11)12/h1-6H2,(H,9,10)(H,11,12). The van der Waals surface area contributed by atoms with Crippen LogP contribution in [0.25, 0.3) is 0 Å². The van der Waals surface area contributed by atoms with Gasteiger partial charge in [0.1, 0.15) is 11.5 Å². The quantitative estimate of drug-likeness (QED) is 0.504. The molecule has 0 atom stereocenters. The van der Waals surface area contributed by atoms with Crippen LogP contribution in [0, 0.1) is 0 Å². The van der Waals surface area contributed by atoms with Gasteiger partial charge < -0.3 is 10.2 Å². The molecular weight excluding hydrogens is 288 g/mol. The number of unbranched alkanes of at least 4 members (excludes halogenated alkanes) is 1. The van der Waals surface area contributed by atoms with E-state index in [1.165, 1.54) is 0 Å². The second kappa shape index (κ2) is 6.69. The van der Waals surface area contributed by atoms with Gasteiger partial charge in [-0.15, -0.1) is 0 Å². The number of carbonyl (C=O) groups is 2. The molecule has 0 unspecified atom stereocenters. The van der Waals surface area contributed by atoms with Crippen LogP contribution in [-0.2, 0) is 29.3 Å². The summed E-state index contributed by atoms with van der Waals surface area (Å²) < 4.78 is 44.5. The second-order valence-electron chi connectivity index (χ2n) is 3.68. The van der Waals surface area contributed by atoms with Gasteiger partial charge in [0, 0.05) is 0 Å². The minimum atomic E-state index is -3.73. The van der Waals surface area contributed by atoms with E-state index in [9.17, 15) is 26.4 Å². The third kappa shape index (κ3) is 8.93. The minimum Gasteiger partial charge on any atom is -0.480 e. The third-order valence-corrected chi connectivity index (χ3v) is 5.04. The molecule has 0 aromatic carbocycles. The average Bonchev–Trinajstić information content (AvgIpc) is 2.08. The molecule has 0 aliphatic heterocycles. The Morgan fingerprint density at radius 3 is 1.22 bits per heavy atom. The Morgan fingerprint density at radius 2 is 1.00 bits per heavy atom. The van der Waals surface area contributed by atoms with Crippen molar-refractivity contribution in [2.24, 2.45) is 0 Å². The molecule has 0 saturated heterocycles. The molecule has 0 aromatic rings. The smallest absolute Gasteiger partial charge is 0.318 e. The Balaban J connectivity index is 4.08. The molecule has 0 aromatic heterocycles. The molecule has 10 heteroatoms. The van der Waals surface area contributed by atoms with E-state index in [0.29, 0.717) is 0 Å². The molecule has 2 N–H and O–H groups in total. The molecule has 0 rings (SSSR count). The fourth-order valence-corrected chi connectivity index (χ4v) is 3.49. The Bertz CT molecular complexity index is 453. The van der Waals surface area contributed by atoms with Gasteiger partial charge in [0.25, 0.3) is 0 Å². The van der Waals surface area contributed by atoms with Crippen LogP contribution in [-0.4, -0.2) is 62.0 Å². The van der Waals surface area contributed by atoms with Crippen molar-refractivity contribution in [1.29, 1.82) is 0 Å². The van der Waals surface area contributed by atoms with Crippen LogP contribution in [0.2, 0.25) is 0 Å². The van der Waals surface area contributed by atoms with Crippen molar-refractivity contribution in [2.45, 2.75) is 12.8 Å². The highest BCUT2D eigenvalue weighted by Gasteiger charge is 2.18. The Labute approximate surface area is 104 Å². The van der Waals surface area contributed by atoms with Crippen LogP contribution in [0.15, 0.2) is 0 Å². The average molecular weight is 302 g/mol. The molecule has 0 aliphatic carbocycles. The first kappa shape index (κ1) is 16.8. The Kier molecular flexibility index (Phi) is 6.26. The van der Waals surface area contributed by atoms with Crippen molar-refractivity contribution < 1.29 is 36.6 Å². The van der Waals surface area contributed by atoms with E-state index in [4.69, 9.17) is 10.2 Å². The zero-order valence-electron chi connectivity index (χ0n) is 9.40. The highest BCUT2D eigenvalue weighted by molar-refractivity contribution is 7.92. The molecule has 0 saturated carbocycles. The second-order valence-corrected chi connectivity index (χ2v) is 8.05. The lowest BCUT2D eigenvalue weighted by atomic mass is 10.4. The lowest BCUT2D eigenvalue weighted by Gasteiger charge is -2.02. The van der Waals surface area contributed by atoms with Gasteiger partial charge in [-0.05, 0) is 12.8 Å². The fourth-order valence-electron chi connectivity index (χ4n) is 1.16. The molecule has 0 spiro atoms. The number of carboxylic acids is 2. The summed E-state index contributed by atoms with van der Waals surface area (Å²) in [7, 11) is -7.46. The third-order valence-electron chi connectivity index (χ3n) is 1.85. The molecule has 0 bridgehead atoms. The van der Waals surface area contributed by atoms with E-state index in [1.54, 1.807) is 0 Å². The van der Waals surface area contributed by atoms with Gasteiger partial charge in [-0.1, -0.05) is 0 Å². The fraction of sp³-hybridized carbons (Fsp3) is 0.750. The van der Waals surface area contributed by atoms with Crippen molar-refractivity contribution in [3.8, 4) is 0 Å². The van der Waals surface area contributed by atoms with E-state index < -0.39 is 54.6 Å². The first-order valence-corrected chi connectivity index (χ1v) is 8.53. The van der Waals surface area contributed by atoms with Crippen LogP contribution in [0.3, 0.4) is 0 Å². The van der Waals surface area contributed by atoms with E-state index in [0.717, 1.165) is 0 Å². The summed E-state index contributed by atoms with van der Waals surface area (Å²) in [5.74, 6) is -5.77. The van der Waals surface area contributed by atoms with Gasteiger partial charge in [0.2, 0.25) is 0 Å². The number of rotatable bonds is 9. The summed E-state index contributed by atoms with van der Waals surface area (Å²) in [6.07, 6.45) is -0.0388. The van der Waals surface area contributed by atoms with E-state index in [1.807, 2.05) is 0 Å². The molecule has 106 valence electrons. The molecule has 8 nitrogen and oxygen atoms in total. The minimum absolute atomic E-state index is 0.0194. The molecule has 18 heavy (non-hydrogen) atoms. The van der Waals surface area contributed by atoms with Crippen LogP contribution in [0.1, 0.15) is 12.8 Å². The topological polar surface area (TPSA) is 143 Å². The molecule has 0 fully saturated rings. The zero-order chi connectivity index (χ0) is 14.4. The number of hydrogen-bond donors (Lipinski definition) is 2. The summed E-state index contributed by atoms with van der Waals surface area (Å²) >= 11 is 0. The molecule has 0 heterocycles. The molecule has 0 radical (unpaired) electrons. The number of hydrogen-bond acceptors (Lipinski definition) is 6. The van der Waals surface area contributed by atoms with E-state index in [2.05, 4.69) is 0 Å². The number of carboxylic acid groups (broad SMARTS) is 2. The normalized spacial score (nSPS) is 12.2. The summed E-state index contributed by atoms with van der Waals surface area (Å²) in [6.45, 7) is 0. The van der Waals surface area contributed by atoms with Crippen molar-refractivity contribution >= 4 is 31.6 Å². The van der Waals surface area contributed by atoms with Crippen molar-refractivity contribution in [2.75, 3.05) is 23.0 Å². The van der Waals surface area contributed by atoms with Gasteiger partial charge in [0.15, 0.2) is 19.7 Å². The van der Waals surface area contributed by atoms with E-state index in [-0.39, 0.29) is 12.8 Å². The maximum Gasteiger partial charge on any atom is 0.318 e. The predicted octanol–water partition coefficient (Wildman–Crippen LogP) is -1.23. The molecule has 0 amide bonds. The van der Waals surface area contributed by atoms with Gasteiger partial charge in [-0.25, -0.2) is 16.8 Å². The maximum absolute atomic E-state index is 11.1. The van der Waals surface area contributed by atoms with Crippen LogP contribution in [0.5, 0.6) is 0 Å². The monoisotopic (exact) mass is 302 g/mol. The van der Waals surface area contributed by atoms with Crippen molar-refractivity contribution in [3.63, 3.8) is 0 Å².